The summed E-state index contributed by atoms with van der Waals surface area (Å²) in [5.74, 6) is -0.560. The van der Waals surface area contributed by atoms with Crippen molar-refractivity contribution < 1.29 is 17.9 Å². The van der Waals surface area contributed by atoms with Gasteiger partial charge in [0.25, 0.3) is 9.05 Å². The first kappa shape index (κ1) is 14.3. The van der Waals surface area contributed by atoms with Gasteiger partial charge < -0.3 is 4.74 Å². The van der Waals surface area contributed by atoms with Gasteiger partial charge in [-0.1, -0.05) is 11.6 Å². The van der Waals surface area contributed by atoms with E-state index in [1.807, 2.05) is 0 Å². The maximum atomic E-state index is 11.2. The molecule has 0 radical (unpaired) electrons. The second kappa shape index (κ2) is 5.24. The van der Waals surface area contributed by atoms with Gasteiger partial charge in [-0.2, -0.15) is 5.10 Å². The Kier molecular flexibility index (Phi) is 4.40. The van der Waals surface area contributed by atoms with Crippen LogP contribution in [0.15, 0.2) is 4.90 Å². The number of hydrogen-bond donors (Lipinski definition) is 0. The molecule has 96 valence electrons. The van der Waals surface area contributed by atoms with Gasteiger partial charge in [0.15, 0.2) is 0 Å². The van der Waals surface area contributed by atoms with E-state index in [1.165, 1.54) is 6.92 Å². The van der Waals surface area contributed by atoms with Crippen molar-refractivity contribution in [3.8, 4) is 0 Å². The average molecular weight is 301 g/mol. The number of carbonyl (C=O) groups excluding carboxylic acids is 1. The molecule has 1 rings (SSSR count). The number of halogens is 2. The summed E-state index contributed by atoms with van der Waals surface area (Å²) >= 11 is 5.79. The average Bonchev–Trinajstić information content (AvgIpc) is 2.40. The zero-order valence-corrected chi connectivity index (χ0v) is 11.4. The minimum atomic E-state index is -3.99. The van der Waals surface area contributed by atoms with Gasteiger partial charge in [0.1, 0.15) is 16.6 Å². The molecule has 0 aliphatic rings. The second-order valence-electron chi connectivity index (χ2n) is 3.11. The first-order valence-corrected chi connectivity index (χ1v) is 7.29. The van der Waals surface area contributed by atoms with E-state index in [1.54, 1.807) is 6.92 Å². The summed E-state index contributed by atoms with van der Waals surface area (Å²) in [5, 5.41) is 3.62. The summed E-state index contributed by atoms with van der Waals surface area (Å²) in [4.78, 5) is 10.9. The van der Waals surface area contributed by atoms with Crippen LogP contribution < -0.4 is 0 Å². The van der Waals surface area contributed by atoms with Crippen molar-refractivity contribution in [3.05, 3.63) is 10.8 Å². The third kappa shape index (κ3) is 3.34. The molecule has 0 fully saturated rings. The van der Waals surface area contributed by atoms with E-state index in [4.69, 9.17) is 27.0 Å². The van der Waals surface area contributed by atoms with Gasteiger partial charge >= 0.3 is 5.97 Å². The van der Waals surface area contributed by atoms with E-state index in [0.717, 1.165) is 4.68 Å². The lowest BCUT2D eigenvalue weighted by Gasteiger charge is -2.02. The third-order valence-corrected chi connectivity index (χ3v) is 3.78. The molecule has 1 aromatic rings. The van der Waals surface area contributed by atoms with E-state index in [-0.39, 0.29) is 28.9 Å². The molecule has 0 saturated carbocycles. The predicted octanol–water partition coefficient (Wildman–Crippen LogP) is 1.34. The van der Waals surface area contributed by atoms with Gasteiger partial charge in [-0.3, -0.25) is 4.79 Å². The third-order valence-electron chi connectivity index (χ3n) is 1.84. The van der Waals surface area contributed by atoms with E-state index in [2.05, 4.69) is 5.10 Å². The lowest BCUT2D eigenvalue weighted by Crippen LogP contribution is -2.14. The van der Waals surface area contributed by atoms with Gasteiger partial charge in [-0.15, -0.1) is 0 Å². The van der Waals surface area contributed by atoms with Crippen LogP contribution in [0.1, 0.15) is 12.6 Å². The predicted molar refractivity (Wildman–Crippen MR) is 61.6 cm³/mol. The highest BCUT2D eigenvalue weighted by atomic mass is 35.7. The van der Waals surface area contributed by atoms with Crippen LogP contribution in [0.2, 0.25) is 5.15 Å². The Morgan fingerprint density at radius 3 is 2.53 bits per heavy atom. The van der Waals surface area contributed by atoms with Crippen molar-refractivity contribution in [2.75, 3.05) is 6.61 Å². The first-order chi connectivity index (χ1) is 7.77. The Bertz CT molecular complexity index is 538. The molecule has 0 aliphatic carbocycles. The molecule has 0 aliphatic heterocycles. The van der Waals surface area contributed by atoms with Crippen molar-refractivity contribution >= 4 is 37.3 Å². The van der Waals surface area contributed by atoms with E-state index >= 15 is 0 Å². The second-order valence-corrected chi connectivity index (χ2v) is 5.97. The van der Waals surface area contributed by atoms with E-state index in [0.29, 0.717) is 0 Å². The Labute approximate surface area is 108 Å². The molecule has 17 heavy (non-hydrogen) atoms. The lowest BCUT2D eigenvalue weighted by atomic mass is 10.5. The van der Waals surface area contributed by atoms with Crippen LogP contribution in [-0.2, 0) is 25.1 Å². The number of ether oxygens (including phenoxy) is 1. The van der Waals surface area contributed by atoms with Crippen LogP contribution in [0.5, 0.6) is 0 Å². The molecular formula is C8H10Cl2N2O4S. The molecule has 9 heteroatoms. The van der Waals surface area contributed by atoms with E-state index < -0.39 is 15.0 Å². The van der Waals surface area contributed by atoms with Gasteiger partial charge in [0.05, 0.1) is 12.3 Å². The SMILES string of the molecule is CCOC(=O)Cn1nc(C)c(S(=O)(=O)Cl)c1Cl. The molecule has 0 aromatic carbocycles. The highest BCUT2D eigenvalue weighted by Gasteiger charge is 2.24. The van der Waals surface area contributed by atoms with Gasteiger partial charge in [0.2, 0.25) is 0 Å². The molecule has 0 saturated heterocycles. The minimum Gasteiger partial charge on any atom is -0.465 e. The maximum absolute atomic E-state index is 11.2. The maximum Gasteiger partial charge on any atom is 0.327 e. The topological polar surface area (TPSA) is 78.3 Å². The Hall–Kier alpha value is -0.790. The fraction of sp³-hybridized carbons (Fsp3) is 0.500. The summed E-state index contributed by atoms with van der Waals surface area (Å²) in [7, 11) is 1.21. The smallest absolute Gasteiger partial charge is 0.327 e. The number of rotatable bonds is 4. The fourth-order valence-electron chi connectivity index (χ4n) is 1.25. The quantitative estimate of drug-likeness (QED) is 0.619. The Morgan fingerprint density at radius 1 is 1.53 bits per heavy atom. The van der Waals surface area contributed by atoms with Crippen molar-refractivity contribution in [1.29, 1.82) is 0 Å². The zero-order valence-electron chi connectivity index (χ0n) is 9.11. The molecule has 0 bridgehead atoms. The number of esters is 1. The lowest BCUT2D eigenvalue weighted by molar-refractivity contribution is -0.144. The monoisotopic (exact) mass is 300 g/mol. The van der Waals surface area contributed by atoms with Gasteiger partial charge in [-0.25, -0.2) is 13.1 Å². The highest BCUT2D eigenvalue weighted by Crippen LogP contribution is 2.27. The molecule has 1 heterocycles. The van der Waals surface area contributed by atoms with Crippen molar-refractivity contribution in [3.63, 3.8) is 0 Å². The van der Waals surface area contributed by atoms with Crippen molar-refractivity contribution in [1.82, 2.24) is 9.78 Å². The van der Waals surface area contributed by atoms with Crippen molar-refractivity contribution in [2.45, 2.75) is 25.3 Å². The number of hydrogen-bond acceptors (Lipinski definition) is 5. The molecule has 0 atom stereocenters. The summed E-state index contributed by atoms with van der Waals surface area (Å²) in [6.45, 7) is 3.04. The standard InChI is InChI=1S/C8H10Cl2N2O4S/c1-3-16-6(13)4-12-8(9)7(5(2)11-12)17(10,14)15/h3-4H2,1-2H3. The largest absolute Gasteiger partial charge is 0.465 e. The highest BCUT2D eigenvalue weighted by molar-refractivity contribution is 8.13. The molecule has 0 spiro atoms. The van der Waals surface area contributed by atoms with E-state index in [9.17, 15) is 13.2 Å². The molecule has 0 amide bonds. The van der Waals surface area contributed by atoms with Gasteiger partial charge in [0, 0.05) is 10.7 Å². The molecule has 6 nitrogen and oxygen atoms in total. The first-order valence-electron chi connectivity index (χ1n) is 4.60. The molecular weight excluding hydrogens is 291 g/mol. The number of carbonyl (C=O) groups is 1. The normalized spacial score (nSPS) is 11.5. The summed E-state index contributed by atoms with van der Waals surface area (Å²) in [5.41, 5.74) is 0.134. The molecule has 1 aromatic heterocycles. The van der Waals surface area contributed by atoms with Crippen LogP contribution in [0.3, 0.4) is 0 Å². The number of aryl methyl sites for hydroxylation is 1. The van der Waals surface area contributed by atoms with Crippen LogP contribution in [0.4, 0.5) is 0 Å². The van der Waals surface area contributed by atoms with Crippen molar-refractivity contribution in [2.24, 2.45) is 0 Å². The number of aromatic nitrogens is 2. The van der Waals surface area contributed by atoms with Crippen LogP contribution in [0, 0.1) is 6.92 Å². The molecule has 0 unspecified atom stereocenters. The minimum absolute atomic E-state index is 0.134. The fourth-order valence-corrected chi connectivity index (χ4v) is 3.16. The van der Waals surface area contributed by atoms with Crippen LogP contribution >= 0.6 is 22.3 Å². The zero-order chi connectivity index (χ0) is 13.2. The Morgan fingerprint density at radius 2 is 2.12 bits per heavy atom. The van der Waals surface area contributed by atoms with Crippen LogP contribution in [0.25, 0.3) is 0 Å². The summed E-state index contributed by atoms with van der Waals surface area (Å²) < 4.78 is 28.1. The summed E-state index contributed by atoms with van der Waals surface area (Å²) in [6, 6.07) is 0. The Balaban J connectivity index is 3.10. The van der Waals surface area contributed by atoms with Gasteiger partial charge in [-0.05, 0) is 13.8 Å². The van der Waals surface area contributed by atoms with Crippen LogP contribution in [-0.4, -0.2) is 30.8 Å². The number of nitrogens with zero attached hydrogens (tertiary/aromatic N) is 2. The molecule has 0 N–H and O–H groups in total. The summed E-state index contributed by atoms with van der Waals surface area (Å²) in [6.07, 6.45) is 0.